The third-order valence-corrected chi connectivity index (χ3v) is 16.9. The number of pyridine rings is 1. The molecule has 0 saturated heterocycles. The number of hydrogen-bond acceptors (Lipinski definition) is 24. The van der Waals surface area contributed by atoms with E-state index in [2.05, 4.69) is 41.3 Å². The van der Waals surface area contributed by atoms with Crippen LogP contribution in [0.5, 0.6) is 5.75 Å². The number of fused-ring (bicyclic) bond motifs is 1. The van der Waals surface area contributed by atoms with Crippen LogP contribution in [0.2, 0.25) is 0 Å². The van der Waals surface area contributed by atoms with Crippen LogP contribution in [0.4, 0.5) is 5.95 Å². The number of aliphatic carboxylic acids is 3. The van der Waals surface area contributed by atoms with Gasteiger partial charge in [-0.25, -0.2) is 18.2 Å². The molecular formula is C61H97GdN12O24S2+3. The van der Waals surface area contributed by atoms with E-state index < -0.39 is 105 Å². The number of aromatic nitrogens is 3. The first-order valence-corrected chi connectivity index (χ1v) is 34.1. The molecule has 2 aromatic carbocycles. The molecule has 562 valence electrons. The van der Waals surface area contributed by atoms with Crippen molar-refractivity contribution in [3.05, 3.63) is 93.2 Å². The molecule has 0 bridgehead atoms. The van der Waals surface area contributed by atoms with Crippen LogP contribution < -0.4 is 41.5 Å². The van der Waals surface area contributed by atoms with E-state index in [1.807, 2.05) is 0 Å². The number of aromatic amines is 1. The molecule has 2 unspecified atom stereocenters. The molecule has 0 saturated carbocycles. The minimum atomic E-state index is -4.72. The number of H-pyrrole nitrogens is 1. The summed E-state index contributed by atoms with van der Waals surface area (Å²) in [5.41, 5.74) is 1.21. The number of quaternary nitrogens is 1. The predicted octanol–water partition coefficient (Wildman–Crippen LogP) is -2.60. The van der Waals surface area contributed by atoms with E-state index in [1.165, 1.54) is 51.2 Å². The molecule has 15 N–H and O–H groups in total. The van der Waals surface area contributed by atoms with Crippen molar-refractivity contribution in [1.29, 1.82) is 0 Å². The third-order valence-electron chi connectivity index (χ3n) is 14.3. The molecule has 0 radical (unpaired) electrons. The van der Waals surface area contributed by atoms with Crippen molar-refractivity contribution in [3.63, 3.8) is 0 Å². The normalized spacial score (nSPS) is 12.8. The van der Waals surface area contributed by atoms with Crippen LogP contribution in [-0.2, 0) is 81.4 Å². The first kappa shape index (κ1) is 91.2. The van der Waals surface area contributed by atoms with Gasteiger partial charge < -0.3 is 95.3 Å². The Morgan fingerprint density at radius 1 is 0.830 bits per heavy atom. The monoisotopic (exact) mass is 1600 g/mol. The first-order valence-electron chi connectivity index (χ1n) is 31.0. The topological polar surface area (TPSA) is 516 Å². The number of hydrogen-bond donors (Lipinski definition) is 13. The number of imidazole rings is 1. The second kappa shape index (κ2) is 47.4. The zero-order valence-electron chi connectivity index (χ0n) is 57.1. The van der Waals surface area contributed by atoms with Gasteiger partial charge in [0, 0.05) is 110 Å². The van der Waals surface area contributed by atoms with Gasteiger partial charge in [0.15, 0.2) is 12.5 Å². The third kappa shape index (κ3) is 34.7. The van der Waals surface area contributed by atoms with Gasteiger partial charge >= 0.3 is 57.8 Å². The fourth-order valence-electron chi connectivity index (χ4n) is 9.84. The van der Waals surface area contributed by atoms with Gasteiger partial charge in [-0.3, -0.25) is 47.9 Å². The number of benzene rings is 2. The summed E-state index contributed by atoms with van der Waals surface area (Å²) in [5, 5.41) is 59.1. The van der Waals surface area contributed by atoms with Crippen LogP contribution >= 0.6 is 0 Å². The van der Waals surface area contributed by atoms with Crippen molar-refractivity contribution < 1.29 is 154 Å². The molecule has 100 heavy (non-hydrogen) atoms. The zero-order chi connectivity index (χ0) is 73.0. The summed E-state index contributed by atoms with van der Waals surface area (Å²) < 4.78 is 92.5. The maximum atomic E-state index is 13.6. The minimum Gasteiger partial charge on any atom is -0.494 e. The molecule has 0 fully saturated rings. The molecule has 36 nitrogen and oxygen atoms in total. The molecule has 2 heterocycles. The molecule has 0 aliphatic heterocycles. The average molecular weight is 1600 g/mol. The Labute approximate surface area is 612 Å². The number of ether oxygens (including phenoxy) is 5. The number of carboxylic acid groups (broad SMARTS) is 3. The summed E-state index contributed by atoms with van der Waals surface area (Å²) in [6.07, 6.45) is 7.46. The number of nitrogens with zero attached hydrogens (tertiary/aromatic N) is 5. The van der Waals surface area contributed by atoms with Crippen molar-refractivity contribution >= 4 is 78.4 Å². The van der Waals surface area contributed by atoms with E-state index in [0.29, 0.717) is 56.2 Å². The van der Waals surface area contributed by atoms with Gasteiger partial charge in [-0.1, -0.05) is 12.1 Å². The standard InChI is InChI=1S/C60H90N12O22S2.CH4O.Gd.H2O/c1-41-28-46(29-42(2)56(41)96(88,89)68-49(59(83)84)32-65-57(81)48-34-70(4)51-30-43(11-12-47(51)55(48)80)31-66-60-63-16-17-64-60)94-23-7-10-52(75)61-14-8-21-91-24-26-93-27-25-92-22-9-15-62-58(82)50(39-95(85,86)87)67-44(33-69(3)35-53(76)77)13-18-71(40-90-6)19-20-72(5,37-54(78)79)36-45(74)38-73;1-2;;/h11-13,16-17,28-30,34,49-50,67-68,73H,7-10,14-15,18-27,31-33,35-40H2,1-6H3,(H8-,61,62,63,64,65,66,75,76,77,78,79,81,82,83,84,85,86,87);2H,1H3;;1H2/q;;+2;/p+1/b44-13+;;;/t49?,50-,72?;;;/m0.../s1. The number of nitrogens with one attached hydrogen (secondary N) is 7. The maximum Gasteiger partial charge on any atom is 2.00 e. The van der Waals surface area contributed by atoms with Gasteiger partial charge in [-0.15, -0.1) is 0 Å². The number of anilines is 1. The SMILES string of the molecule is CO.COCN(C/C=C(\CN(C)CC(=O)O)N[C@@H](CS(=O)(=O)O)C(=O)NCCCOCCOCCOCCCNC(=O)CCCOc1cc(C)c(S(=O)(=O)NC(CNC(=O)c2cn(C)c3cc(CNc4ncc[nH]4)ccc3c2=O)C(=O)O)c(C)c1)CC[N+](C)(CC(=O)O)CC(=O)CO.O.[Gd+2]. The molecular weight excluding hydrogens is 1510 g/mol. The second-order valence-corrected chi connectivity index (χ2v) is 26.0. The number of Topliss-reactive ketones (excluding diaryl/α,β-unsaturated/α-hetero) is 1. The van der Waals surface area contributed by atoms with Crippen LogP contribution in [0, 0.1) is 53.8 Å². The smallest absolute Gasteiger partial charge is 0.494 e. The Balaban J connectivity index is 0.0000124. The molecule has 4 rings (SSSR count). The summed E-state index contributed by atoms with van der Waals surface area (Å²) in [7, 11) is -2.11. The van der Waals surface area contributed by atoms with E-state index >= 15 is 0 Å². The van der Waals surface area contributed by atoms with E-state index in [-0.39, 0.29) is 181 Å². The molecule has 3 atom stereocenters. The Morgan fingerprint density at radius 3 is 2.03 bits per heavy atom. The Kier molecular flexibility index (Phi) is 43.3. The summed E-state index contributed by atoms with van der Waals surface area (Å²) in [6, 6.07) is 4.69. The minimum absolute atomic E-state index is 0. The summed E-state index contributed by atoms with van der Waals surface area (Å²) in [4.78, 5) is 110. The van der Waals surface area contributed by atoms with Gasteiger partial charge in [-0.05, 0) is 81.1 Å². The van der Waals surface area contributed by atoms with Crippen molar-refractivity contribution in [3.8, 4) is 5.75 Å². The number of aryl methyl sites for hydroxylation is 3. The second-order valence-electron chi connectivity index (χ2n) is 22.9. The summed E-state index contributed by atoms with van der Waals surface area (Å²) in [6.45, 7) is 3.20. The number of likely N-dealkylation sites (N-methyl/N-ethyl adjacent to an activating group) is 2. The molecule has 4 aromatic rings. The fourth-order valence-corrected chi connectivity index (χ4v) is 12.1. The van der Waals surface area contributed by atoms with E-state index in [0.717, 1.165) is 12.7 Å². The average Bonchev–Trinajstić information content (AvgIpc) is 0.929. The molecule has 0 spiro atoms. The number of rotatable bonds is 50. The predicted molar refractivity (Wildman–Crippen MR) is 360 cm³/mol. The van der Waals surface area contributed by atoms with E-state index in [1.54, 1.807) is 60.2 Å². The summed E-state index contributed by atoms with van der Waals surface area (Å²) in [5.74, 6) is -6.50. The number of carboxylic acids is 3. The van der Waals surface area contributed by atoms with Crippen molar-refractivity contribution in [2.45, 2.75) is 63.1 Å². The molecule has 39 heteroatoms. The number of ketones is 1. The Bertz CT molecular complexity index is 3550. The van der Waals surface area contributed by atoms with Crippen LogP contribution in [0.25, 0.3) is 10.9 Å². The number of carbonyl (C=O) groups excluding carboxylic acids is 4. The Morgan fingerprint density at radius 2 is 1.46 bits per heavy atom. The quantitative estimate of drug-likeness (QED) is 0.00933. The number of methoxy groups -OCH3 is 1. The van der Waals surface area contributed by atoms with Crippen molar-refractivity contribution in [2.24, 2.45) is 7.05 Å². The van der Waals surface area contributed by atoms with Crippen LogP contribution in [0.3, 0.4) is 0 Å². The molecule has 0 aliphatic rings. The number of sulfonamides is 1. The number of aliphatic hydroxyl groups is 2. The molecule has 2 aromatic heterocycles. The Hall–Kier alpha value is -6.77. The van der Waals surface area contributed by atoms with E-state index in [4.69, 9.17) is 28.8 Å². The van der Waals surface area contributed by atoms with Gasteiger partial charge in [0.05, 0.1) is 76.9 Å². The van der Waals surface area contributed by atoms with Crippen LogP contribution in [0.15, 0.2) is 70.4 Å². The van der Waals surface area contributed by atoms with E-state index in [9.17, 15) is 80.2 Å². The summed E-state index contributed by atoms with van der Waals surface area (Å²) >= 11 is 0. The first-order chi connectivity index (χ1) is 46.4. The number of amides is 3. The number of aliphatic hydroxyl groups excluding tert-OH is 2. The van der Waals surface area contributed by atoms with Crippen LogP contribution in [0.1, 0.15) is 52.7 Å². The van der Waals surface area contributed by atoms with Crippen molar-refractivity contribution in [2.75, 3.05) is 164 Å². The van der Waals surface area contributed by atoms with Gasteiger partial charge in [0.1, 0.15) is 42.3 Å². The molecule has 0 aliphatic carbocycles. The fraction of sp³-hybridized carbons (Fsp3) is 0.557. The number of carbonyl (C=O) groups is 7. The van der Waals surface area contributed by atoms with Gasteiger partial charge in [0.2, 0.25) is 33.0 Å². The van der Waals surface area contributed by atoms with Gasteiger partial charge in [0.25, 0.3) is 16.0 Å². The van der Waals surface area contributed by atoms with Crippen molar-refractivity contribution in [1.82, 2.24) is 50.3 Å². The molecule has 3 amide bonds. The van der Waals surface area contributed by atoms with Crippen LogP contribution in [-0.4, -0.2) is 294 Å². The largest absolute Gasteiger partial charge is 2.00 e. The maximum absolute atomic E-state index is 13.6. The zero-order valence-corrected chi connectivity index (χ0v) is 61.0. The van der Waals surface area contributed by atoms with Gasteiger partial charge in [-0.2, -0.15) is 13.1 Å².